The van der Waals surface area contributed by atoms with Crippen LogP contribution in [0.1, 0.15) is 19.3 Å². The fourth-order valence-corrected chi connectivity index (χ4v) is 3.57. The van der Waals surface area contributed by atoms with Crippen LogP contribution in [0.15, 0.2) is 24.3 Å². The maximum Gasteiger partial charge on any atom is 0.303 e. The highest BCUT2D eigenvalue weighted by Crippen LogP contribution is 2.32. The minimum Gasteiger partial charge on any atom is -0.481 e. The molecule has 0 aliphatic carbocycles. The fourth-order valence-electron chi connectivity index (χ4n) is 2.56. The van der Waals surface area contributed by atoms with Crippen LogP contribution in [-0.2, 0) is 4.79 Å². The van der Waals surface area contributed by atoms with Crippen molar-refractivity contribution in [1.82, 2.24) is 4.98 Å². The van der Waals surface area contributed by atoms with Crippen LogP contribution in [0.2, 0.25) is 0 Å². The van der Waals surface area contributed by atoms with Gasteiger partial charge in [-0.1, -0.05) is 23.5 Å². The average molecular weight is 276 g/mol. The zero-order chi connectivity index (χ0) is 13.2. The molecule has 0 radical (unpaired) electrons. The number of carboxylic acids is 1. The lowest BCUT2D eigenvalue weighted by atomic mass is 10.0. The number of rotatable bonds is 4. The van der Waals surface area contributed by atoms with Gasteiger partial charge < -0.3 is 10.0 Å². The van der Waals surface area contributed by atoms with Crippen LogP contribution >= 0.6 is 11.3 Å². The number of fused-ring (bicyclic) bond motifs is 1. The molecule has 0 saturated carbocycles. The highest BCUT2D eigenvalue weighted by molar-refractivity contribution is 7.22. The summed E-state index contributed by atoms with van der Waals surface area (Å²) in [5, 5.41) is 9.80. The molecule has 1 fully saturated rings. The number of anilines is 1. The van der Waals surface area contributed by atoms with Gasteiger partial charge >= 0.3 is 5.97 Å². The number of aliphatic carboxylic acids is 1. The number of hydrogen-bond acceptors (Lipinski definition) is 4. The van der Waals surface area contributed by atoms with Gasteiger partial charge in [-0.15, -0.1) is 0 Å². The molecule has 5 heteroatoms. The Bertz CT molecular complexity index is 563. The van der Waals surface area contributed by atoms with E-state index in [4.69, 9.17) is 5.11 Å². The molecule has 100 valence electrons. The third-order valence-corrected chi connectivity index (χ3v) is 4.70. The number of carbonyl (C=O) groups is 1. The summed E-state index contributed by atoms with van der Waals surface area (Å²) in [5.74, 6) is -0.207. The van der Waals surface area contributed by atoms with E-state index >= 15 is 0 Å². The number of hydrogen-bond donors (Lipinski definition) is 1. The van der Waals surface area contributed by atoms with Crippen molar-refractivity contribution in [1.29, 1.82) is 0 Å². The van der Waals surface area contributed by atoms with Crippen LogP contribution < -0.4 is 4.90 Å². The maximum atomic E-state index is 10.6. The summed E-state index contributed by atoms with van der Waals surface area (Å²) < 4.78 is 1.21. The Morgan fingerprint density at radius 3 is 3.11 bits per heavy atom. The summed E-state index contributed by atoms with van der Waals surface area (Å²) in [7, 11) is 0. The molecule has 2 aromatic rings. The summed E-state index contributed by atoms with van der Waals surface area (Å²) in [4.78, 5) is 17.5. The van der Waals surface area contributed by atoms with Crippen molar-refractivity contribution in [2.75, 3.05) is 18.0 Å². The molecule has 0 amide bonds. The van der Waals surface area contributed by atoms with Crippen molar-refractivity contribution in [3.8, 4) is 0 Å². The molecule has 1 aliphatic rings. The zero-order valence-corrected chi connectivity index (χ0v) is 11.4. The van der Waals surface area contributed by atoms with Gasteiger partial charge in [-0.05, 0) is 30.9 Å². The monoisotopic (exact) mass is 276 g/mol. The molecule has 4 nitrogen and oxygen atoms in total. The van der Waals surface area contributed by atoms with E-state index in [2.05, 4.69) is 16.0 Å². The van der Waals surface area contributed by atoms with Gasteiger partial charge in [0.05, 0.1) is 10.2 Å². The first-order valence-electron chi connectivity index (χ1n) is 6.54. The molecule has 1 saturated heterocycles. The van der Waals surface area contributed by atoms with E-state index in [1.54, 1.807) is 11.3 Å². The minimum atomic E-state index is -0.696. The Morgan fingerprint density at radius 2 is 2.32 bits per heavy atom. The lowest BCUT2D eigenvalue weighted by Crippen LogP contribution is -2.19. The largest absolute Gasteiger partial charge is 0.481 e. The summed E-state index contributed by atoms with van der Waals surface area (Å²) in [6, 6.07) is 8.16. The quantitative estimate of drug-likeness (QED) is 0.932. The Morgan fingerprint density at radius 1 is 1.47 bits per heavy atom. The first-order valence-corrected chi connectivity index (χ1v) is 7.36. The van der Waals surface area contributed by atoms with E-state index in [0.717, 1.165) is 36.6 Å². The van der Waals surface area contributed by atoms with E-state index in [1.165, 1.54) is 4.70 Å². The van der Waals surface area contributed by atoms with Crippen molar-refractivity contribution >= 4 is 32.7 Å². The van der Waals surface area contributed by atoms with Gasteiger partial charge in [0.1, 0.15) is 0 Å². The number of aromatic nitrogens is 1. The van der Waals surface area contributed by atoms with Gasteiger partial charge in [0, 0.05) is 19.5 Å². The second kappa shape index (κ2) is 5.17. The molecule has 0 spiro atoms. The van der Waals surface area contributed by atoms with Crippen LogP contribution in [-0.4, -0.2) is 29.1 Å². The first-order chi connectivity index (χ1) is 9.22. The van der Waals surface area contributed by atoms with E-state index in [1.807, 2.05) is 18.2 Å². The summed E-state index contributed by atoms with van der Waals surface area (Å²) in [6.45, 7) is 1.93. The van der Waals surface area contributed by atoms with E-state index in [-0.39, 0.29) is 6.42 Å². The second-order valence-electron chi connectivity index (χ2n) is 5.00. The van der Waals surface area contributed by atoms with Crippen LogP contribution in [0.4, 0.5) is 5.13 Å². The maximum absolute atomic E-state index is 10.6. The number of para-hydroxylation sites is 1. The molecular weight excluding hydrogens is 260 g/mol. The zero-order valence-electron chi connectivity index (χ0n) is 10.6. The molecular formula is C14H16N2O2S. The van der Waals surface area contributed by atoms with Gasteiger partial charge in [0.2, 0.25) is 0 Å². The summed E-state index contributed by atoms with van der Waals surface area (Å²) in [6.07, 6.45) is 2.12. The third-order valence-electron chi connectivity index (χ3n) is 3.61. The smallest absolute Gasteiger partial charge is 0.303 e. The summed E-state index contributed by atoms with van der Waals surface area (Å²) in [5.41, 5.74) is 1.05. The second-order valence-corrected chi connectivity index (χ2v) is 6.01. The van der Waals surface area contributed by atoms with Crippen molar-refractivity contribution in [3.63, 3.8) is 0 Å². The highest BCUT2D eigenvalue weighted by Gasteiger charge is 2.25. The van der Waals surface area contributed by atoms with Gasteiger partial charge in [0.25, 0.3) is 0 Å². The van der Waals surface area contributed by atoms with Gasteiger partial charge in [0.15, 0.2) is 5.13 Å². The third kappa shape index (κ3) is 2.71. The predicted molar refractivity (Wildman–Crippen MR) is 76.8 cm³/mol. The van der Waals surface area contributed by atoms with E-state index in [9.17, 15) is 4.79 Å². The molecule has 2 heterocycles. The molecule has 1 unspecified atom stereocenters. The normalized spacial score (nSPS) is 19.2. The number of carboxylic acid groups (broad SMARTS) is 1. The molecule has 1 aliphatic heterocycles. The van der Waals surface area contributed by atoms with Gasteiger partial charge in [-0.2, -0.15) is 0 Å². The number of benzene rings is 1. The molecule has 19 heavy (non-hydrogen) atoms. The average Bonchev–Trinajstić information content (AvgIpc) is 3.02. The summed E-state index contributed by atoms with van der Waals surface area (Å²) >= 11 is 1.72. The Kier molecular flexibility index (Phi) is 3.38. The number of thiazole rings is 1. The van der Waals surface area contributed by atoms with E-state index < -0.39 is 5.97 Å². The van der Waals surface area contributed by atoms with Crippen LogP contribution in [0, 0.1) is 5.92 Å². The van der Waals surface area contributed by atoms with Crippen LogP contribution in [0.3, 0.4) is 0 Å². The Labute approximate surface area is 115 Å². The van der Waals surface area contributed by atoms with Crippen LogP contribution in [0.5, 0.6) is 0 Å². The predicted octanol–water partition coefficient (Wildman–Crippen LogP) is 2.99. The SMILES string of the molecule is O=C(O)CCC1CCN(c2nc3ccccc3s2)C1. The Balaban J connectivity index is 1.68. The van der Waals surface area contributed by atoms with Crippen molar-refractivity contribution < 1.29 is 9.90 Å². The first kappa shape index (κ1) is 12.4. The lowest BCUT2D eigenvalue weighted by molar-refractivity contribution is -0.137. The van der Waals surface area contributed by atoms with Gasteiger partial charge in [-0.3, -0.25) is 4.79 Å². The van der Waals surface area contributed by atoms with E-state index in [0.29, 0.717) is 5.92 Å². The van der Waals surface area contributed by atoms with Crippen LogP contribution in [0.25, 0.3) is 10.2 Å². The molecule has 1 aromatic heterocycles. The molecule has 3 rings (SSSR count). The highest BCUT2D eigenvalue weighted by atomic mass is 32.1. The van der Waals surface area contributed by atoms with Gasteiger partial charge in [-0.25, -0.2) is 4.98 Å². The lowest BCUT2D eigenvalue weighted by Gasteiger charge is -2.14. The molecule has 1 N–H and O–H groups in total. The topological polar surface area (TPSA) is 53.4 Å². The van der Waals surface area contributed by atoms with Crippen molar-refractivity contribution in [2.24, 2.45) is 5.92 Å². The van der Waals surface area contributed by atoms with Crippen molar-refractivity contribution in [2.45, 2.75) is 19.3 Å². The number of nitrogens with zero attached hydrogens (tertiary/aromatic N) is 2. The molecule has 1 atom stereocenters. The van der Waals surface area contributed by atoms with Crippen molar-refractivity contribution in [3.05, 3.63) is 24.3 Å². The molecule has 0 bridgehead atoms. The standard InChI is InChI=1S/C14H16N2O2S/c17-13(18)6-5-10-7-8-16(9-10)14-15-11-3-1-2-4-12(11)19-14/h1-4,10H,5-9H2,(H,17,18). The Hall–Kier alpha value is -1.62. The fraction of sp³-hybridized carbons (Fsp3) is 0.429. The minimum absolute atomic E-state index is 0.276. The molecule has 1 aromatic carbocycles.